The van der Waals surface area contributed by atoms with Gasteiger partial charge in [-0.15, -0.1) is 11.8 Å². The molecule has 18 heavy (non-hydrogen) atoms. The molecule has 0 bridgehead atoms. The standard InChI is InChI=1S/C13H15BrN2OS/c14-11-1-3-13(4-2-11)18-9-12(16-15)7-10-5-6-17-8-10/h1-6,8,12,16H,7,9,15H2. The van der Waals surface area contributed by atoms with Crippen molar-refractivity contribution in [1.82, 2.24) is 5.43 Å². The Balaban J connectivity index is 1.85. The molecular formula is C13H15BrN2OS. The van der Waals surface area contributed by atoms with Crippen LogP contribution in [0.5, 0.6) is 0 Å². The number of hydrazine groups is 1. The van der Waals surface area contributed by atoms with Crippen LogP contribution in [0.4, 0.5) is 0 Å². The summed E-state index contributed by atoms with van der Waals surface area (Å²) in [5.74, 6) is 6.50. The third kappa shape index (κ3) is 4.17. The highest BCUT2D eigenvalue weighted by Gasteiger charge is 2.09. The fourth-order valence-corrected chi connectivity index (χ4v) is 2.79. The Labute approximate surface area is 119 Å². The van der Waals surface area contributed by atoms with Crippen molar-refractivity contribution in [2.24, 2.45) is 5.84 Å². The van der Waals surface area contributed by atoms with Crippen LogP contribution in [-0.2, 0) is 6.42 Å². The summed E-state index contributed by atoms with van der Waals surface area (Å²) in [6, 6.07) is 10.5. The zero-order valence-electron chi connectivity index (χ0n) is 9.80. The summed E-state index contributed by atoms with van der Waals surface area (Å²) in [5.41, 5.74) is 4.01. The maximum Gasteiger partial charge on any atom is 0.0935 e. The van der Waals surface area contributed by atoms with Gasteiger partial charge in [-0.25, -0.2) is 0 Å². The molecule has 1 aromatic carbocycles. The van der Waals surface area contributed by atoms with Crippen molar-refractivity contribution in [3.05, 3.63) is 52.9 Å². The molecule has 0 aliphatic heterocycles. The summed E-state index contributed by atoms with van der Waals surface area (Å²) >= 11 is 5.22. The maximum atomic E-state index is 5.58. The average molecular weight is 327 g/mol. The van der Waals surface area contributed by atoms with Crippen molar-refractivity contribution < 1.29 is 4.42 Å². The van der Waals surface area contributed by atoms with E-state index in [1.807, 2.05) is 18.2 Å². The molecule has 0 saturated carbocycles. The number of nitrogens with one attached hydrogen (secondary N) is 1. The molecular weight excluding hydrogens is 312 g/mol. The molecule has 2 aromatic rings. The summed E-state index contributed by atoms with van der Waals surface area (Å²) in [6.07, 6.45) is 4.32. The number of hydrogen-bond donors (Lipinski definition) is 2. The van der Waals surface area contributed by atoms with Crippen LogP contribution in [-0.4, -0.2) is 11.8 Å². The molecule has 1 heterocycles. The highest BCUT2D eigenvalue weighted by atomic mass is 79.9. The molecule has 1 unspecified atom stereocenters. The smallest absolute Gasteiger partial charge is 0.0935 e. The van der Waals surface area contributed by atoms with E-state index in [-0.39, 0.29) is 6.04 Å². The van der Waals surface area contributed by atoms with Gasteiger partial charge in [0, 0.05) is 21.2 Å². The van der Waals surface area contributed by atoms with Crippen LogP contribution in [0.2, 0.25) is 0 Å². The fraction of sp³-hybridized carbons (Fsp3) is 0.231. The summed E-state index contributed by atoms with van der Waals surface area (Å²) < 4.78 is 6.15. The lowest BCUT2D eigenvalue weighted by molar-refractivity contribution is 0.548. The molecule has 0 aliphatic rings. The van der Waals surface area contributed by atoms with Gasteiger partial charge in [0.25, 0.3) is 0 Å². The Bertz CT molecular complexity index is 458. The topological polar surface area (TPSA) is 51.2 Å². The van der Waals surface area contributed by atoms with E-state index in [0.717, 1.165) is 22.2 Å². The van der Waals surface area contributed by atoms with Crippen molar-refractivity contribution >= 4 is 27.7 Å². The first-order valence-electron chi connectivity index (χ1n) is 5.63. The number of nitrogens with two attached hydrogens (primary N) is 1. The van der Waals surface area contributed by atoms with Gasteiger partial charge < -0.3 is 4.42 Å². The molecule has 1 aromatic heterocycles. The minimum Gasteiger partial charge on any atom is -0.472 e. The third-order valence-corrected chi connectivity index (χ3v) is 4.27. The van der Waals surface area contributed by atoms with E-state index < -0.39 is 0 Å². The highest BCUT2D eigenvalue weighted by Crippen LogP contribution is 2.22. The largest absolute Gasteiger partial charge is 0.472 e. The van der Waals surface area contributed by atoms with Gasteiger partial charge in [0.2, 0.25) is 0 Å². The molecule has 5 heteroatoms. The first kappa shape index (κ1) is 13.7. The summed E-state index contributed by atoms with van der Waals surface area (Å²) in [4.78, 5) is 1.24. The van der Waals surface area contributed by atoms with Gasteiger partial charge in [0.1, 0.15) is 0 Å². The number of thioether (sulfide) groups is 1. The van der Waals surface area contributed by atoms with E-state index in [9.17, 15) is 0 Å². The van der Waals surface area contributed by atoms with Gasteiger partial charge in [-0.3, -0.25) is 11.3 Å². The van der Waals surface area contributed by atoms with Gasteiger partial charge in [-0.1, -0.05) is 15.9 Å². The van der Waals surface area contributed by atoms with E-state index in [2.05, 4.69) is 33.5 Å². The van der Waals surface area contributed by atoms with E-state index in [4.69, 9.17) is 10.3 Å². The maximum absolute atomic E-state index is 5.58. The van der Waals surface area contributed by atoms with Crippen LogP contribution in [0.1, 0.15) is 5.56 Å². The van der Waals surface area contributed by atoms with Crippen LogP contribution >= 0.6 is 27.7 Å². The average Bonchev–Trinajstić information content (AvgIpc) is 2.89. The van der Waals surface area contributed by atoms with Crippen molar-refractivity contribution in [3.8, 4) is 0 Å². The van der Waals surface area contributed by atoms with E-state index >= 15 is 0 Å². The lowest BCUT2D eigenvalue weighted by atomic mass is 10.1. The van der Waals surface area contributed by atoms with Gasteiger partial charge in [-0.2, -0.15) is 0 Å². The zero-order valence-corrected chi connectivity index (χ0v) is 12.2. The zero-order chi connectivity index (χ0) is 12.8. The van der Waals surface area contributed by atoms with Gasteiger partial charge in [-0.05, 0) is 42.3 Å². The van der Waals surface area contributed by atoms with E-state index in [0.29, 0.717) is 0 Å². The molecule has 0 aliphatic carbocycles. The highest BCUT2D eigenvalue weighted by molar-refractivity contribution is 9.10. The SMILES string of the molecule is NNC(CSc1ccc(Br)cc1)Cc1ccoc1. The predicted molar refractivity (Wildman–Crippen MR) is 78.4 cm³/mol. The van der Waals surface area contributed by atoms with Crippen LogP contribution in [0.15, 0.2) is 56.6 Å². The predicted octanol–water partition coefficient (Wildman–Crippen LogP) is 3.21. The Kier molecular flexibility index (Phi) is 5.31. The van der Waals surface area contributed by atoms with E-state index in [1.54, 1.807) is 24.3 Å². The number of rotatable bonds is 6. The molecule has 3 N–H and O–H groups in total. The third-order valence-electron chi connectivity index (χ3n) is 2.56. The van der Waals surface area contributed by atoms with Crippen LogP contribution in [0.25, 0.3) is 0 Å². The van der Waals surface area contributed by atoms with Crippen LogP contribution in [0, 0.1) is 0 Å². The number of halogens is 1. The first-order chi connectivity index (χ1) is 8.78. The van der Waals surface area contributed by atoms with E-state index in [1.165, 1.54) is 4.90 Å². The minimum absolute atomic E-state index is 0.233. The van der Waals surface area contributed by atoms with Crippen LogP contribution in [0.3, 0.4) is 0 Å². The number of hydrogen-bond acceptors (Lipinski definition) is 4. The molecule has 0 saturated heterocycles. The Morgan fingerprint density at radius 2 is 2.06 bits per heavy atom. The molecule has 1 atom stereocenters. The molecule has 96 valence electrons. The van der Waals surface area contributed by atoms with Crippen molar-refractivity contribution in [2.45, 2.75) is 17.4 Å². The van der Waals surface area contributed by atoms with Gasteiger partial charge in [0.15, 0.2) is 0 Å². The Hall–Kier alpha value is -0.750. The second-order valence-electron chi connectivity index (χ2n) is 3.96. The minimum atomic E-state index is 0.233. The number of benzene rings is 1. The normalized spacial score (nSPS) is 12.6. The van der Waals surface area contributed by atoms with Gasteiger partial charge in [0.05, 0.1) is 12.5 Å². The molecule has 2 rings (SSSR count). The second kappa shape index (κ2) is 6.99. The second-order valence-corrected chi connectivity index (χ2v) is 5.97. The Morgan fingerprint density at radius 1 is 1.28 bits per heavy atom. The van der Waals surface area contributed by atoms with Crippen molar-refractivity contribution in [2.75, 3.05) is 5.75 Å². The monoisotopic (exact) mass is 326 g/mol. The van der Waals surface area contributed by atoms with Gasteiger partial charge >= 0.3 is 0 Å². The molecule has 0 radical (unpaired) electrons. The summed E-state index contributed by atoms with van der Waals surface area (Å²) in [5, 5.41) is 0. The summed E-state index contributed by atoms with van der Waals surface area (Å²) in [7, 11) is 0. The molecule has 0 amide bonds. The number of furan rings is 1. The lowest BCUT2D eigenvalue weighted by Crippen LogP contribution is -2.38. The first-order valence-corrected chi connectivity index (χ1v) is 7.41. The fourth-order valence-electron chi connectivity index (χ4n) is 1.59. The lowest BCUT2D eigenvalue weighted by Gasteiger charge is -2.14. The summed E-state index contributed by atoms with van der Waals surface area (Å²) in [6.45, 7) is 0. The molecule has 3 nitrogen and oxygen atoms in total. The van der Waals surface area contributed by atoms with Crippen molar-refractivity contribution in [3.63, 3.8) is 0 Å². The Morgan fingerprint density at radius 3 is 2.67 bits per heavy atom. The van der Waals surface area contributed by atoms with Crippen molar-refractivity contribution in [1.29, 1.82) is 0 Å². The molecule has 0 spiro atoms. The van der Waals surface area contributed by atoms with Crippen LogP contribution < -0.4 is 11.3 Å². The molecule has 0 fully saturated rings. The quantitative estimate of drug-likeness (QED) is 0.486.